The van der Waals surface area contributed by atoms with E-state index in [9.17, 15) is 4.79 Å². The Balaban J connectivity index is 2.24. The van der Waals surface area contributed by atoms with Crippen molar-refractivity contribution in [3.05, 3.63) is 0 Å². The van der Waals surface area contributed by atoms with Gasteiger partial charge in [-0.25, -0.2) is 0 Å². The lowest BCUT2D eigenvalue weighted by atomic mass is 9.88. The molecule has 3 atom stereocenters. The van der Waals surface area contributed by atoms with E-state index in [2.05, 4.69) is 11.7 Å². The van der Waals surface area contributed by atoms with E-state index in [-0.39, 0.29) is 12.1 Å². The zero-order chi connectivity index (χ0) is 11.3. The van der Waals surface area contributed by atoms with Crippen LogP contribution < -0.4 is 0 Å². The molecule has 0 saturated heterocycles. The van der Waals surface area contributed by atoms with Gasteiger partial charge in [-0.15, -0.1) is 0 Å². The quantitative estimate of drug-likeness (QED) is 0.675. The normalized spacial score (nSPS) is 28.5. The molecule has 0 spiro atoms. The van der Waals surface area contributed by atoms with Crippen LogP contribution in [0.5, 0.6) is 0 Å². The molecule has 3 unspecified atom stereocenters. The molecule has 0 heterocycles. The van der Waals surface area contributed by atoms with Crippen LogP contribution in [0.1, 0.15) is 46.0 Å². The van der Waals surface area contributed by atoms with Crippen molar-refractivity contribution in [2.24, 2.45) is 5.92 Å². The van der Waals surface area contributed by atoms with Gasteiger partial charge in [0.05, 0.1) is 25.7 Å². The number of hydrogen-bond acceptors (Lipinski definition) is 3. The highest BCUT2D eigenvalue weighted by Crippen LogP contribution is 2.26. The Morgan fingerprint density at radius 3 is 2.80 bits per heavy atom. The Hall–Kier alpha value is -0.570. The number of carbonyl (C=O) groups excluding carboxylic acids is 1. The minimum Gasteiger partial charge on any atom is -0.469 e. The first-order chi connectivity index (χ1) is 7.11. The van der Waals surface area contributed by atoms with Crippen molar-refractivity contribution in [2.45, 2.75) is 58.2 Å². The molecule has 1 fully saturated rings. The van der Waals surface area contributed by atoms with Crippen molar-refractivity contribution < 1.29 is 14.3 Å². The first kappa shape index (κ1) is 12.5. The van der Waals surface area contributed by atoms with Crippen LogP contribution >= 0.6 is 0 Å². The van der Waals surface area contributed by atoms with Gasteiger partial charge in [-0.1, -0.05) is 19.8 Å². The summed E-state index contributed by atoms with van der Waals surface area (Å²) in [6, 6.07) is 0. The van der Waals surface area contributed by atoms with E-state index in [1.165, 1.54) is 20.0 Å². The zero-order valence-electron chi connectivity index (χ0n) is 9.99. The van der Waals surface area contributed by atoms with Gasteiger partial charge in [0.15, 0.2) is 0 Å². The molecule has 0 aromatic rings. The molecule has 88 valence electrons. The number of esters is 1. The third-order valence-electron chi connectivity index (χ3n) is 2.99. The molecule has 0 aromatic carbocycles. The summed E-state index contributed by atoms with van der Waals surface area (Å²) in [7, 11) is 1.41. The van der Waals surface area contributed by atoms with Crippen molar-refractivity contribution in [3.8, 4) is 0 Å². The van der Waals surface area contributed by atoms with Crippen molar-refractivity contribution in [1.29, 1.82) is 0 Å². The lowest BCUT2D eigenvalue weighted by molar-refractivity contribution is -0.145. The van der Waals surface area contributed by atoms with Gasteiger partial charge in [-0.05, 0) is 25.7 Å². The lowest BCUT2D eigenvalue weighted by Gasteiger charge is -2.29. The summed E-state index contributed by atoms with van der Waals surface area (Å²) in [6.45, 7) is 4.21. The minimum atomic E-state index is -0.189. The molecule has 0 aliphatic heterocycles. The number of methoxy groups -OCH3 is 1. The average molecular weight is 214 g/mol. The highest BCUT2D eigenvalue weighted by atomic mass is 16.5. The van der Waals surface area contributed by atoms with Crippen LogP contribution in [-0.4, -0.2) is 25.3 Å². The van der Waals surface area contributed by atoms with Gasteiger partial charge in [0.2, 0.25) is 0 Å². The maximum absolute atomic E-state index is 11.0. The summed E-state index contributed by atoms with van der Waals surface area (Å²) in [4.78, 5) is 11.0. The van der Waals surface area contributed by atoms with E-state index in [0.29, 0.717) is 12.5 Å². The lowest BCUT2D eigenvalue weighted by Crippen LogP contribution is -2.27. The summed E-state index contributed by atoms with van der Waals surface area (Å²) >= 11 is 0. The number of hydrogen-bond donors (Lipinski definition) is 0. The summed E-state index contributed by atoms with van der Waals surface area (Å²) in [5, 5.41) is 0. The molecule has 1 rings (SSSR count). The molecule has 0 aromatic heterocycles. The molecule has 1 aliphatic carbocycles. The molecule has 15 heavy (non-hydrogen) atoms. The molecule has 0 bridgehead atoms. The van der Waals surface area contributed by atoms with E-state index in [1.54, 1.807) is 0 Å². The first-order valence-corrected chi connectivity index (χ1v) is 5.84. The second kappa shape index (κ2) is 6.11. The molecule has 0 radical (unpaired) electrons. The molecule has 3 heteroatoms. The third kappa shape index (κ3) is 4.65. The Kier molecular flexibility index (Phi) is 5.09. The number of carbonyl (C=O) groups is 1. The van der Waals surface area contributed by atoms with Crippen molar-refractivity contribution in [2.75, 3.05) is 7.11 Å². The van der Waals surface area contributed by atoms with E-state index < -0.39 is 0 Å². The number of ether oxygens (including phenoxy) is 2. The van der Waals surface area contributed by atoms with Crippen molar-refractivity contribution in [1.82, 2.24) is 0 Å². The molecule has 1 aliphatic rings. The molecular weight excluding hydrogens is 192 g/mol. The van der Waals surface area contributed by atoms with Gasteiger partial charge in [0.1, 0.15) is 0 Å². The largest absolute Gasteiger partial charge is 0.469 e. The summed E-state index contributed by atoms with van der Waals surface area (Å²) in [5.41, 5.74) is 0. The van der Waals surface area contributed by atoms with Crippen LogP contribution in [0, 0.1) is 5.92 Å². The minimum absolute atomic E-state index is 0.0206. The second-order valence-corrected chi connectivity index (χ2v) is 4.62. The highest BCUT2D eigenvalue weighted by molar-refractivity contribution is 5.69. The second-order valence-electron chi connectivity index (χ2n) is 4.62. The van der Waals surface area contributed by atoms with Crippen LogP contribution in [0.15, 0.2) is 0 Å². The summed E-state index contributed by atoms with van der Waals surface area (Å²) < 4.78 is 10.4. The first-order valence-electron chi connectivity index (χ1n) is 5.84. The third-order valence-corrected chi connectivity index (χ3v) is 2.99. The smallest absolute Gasteiger partial charge is 0.308 e. The van der Waals surface area contributed by atoms with E-state index in [1.807, 2.05) is 6.92 Å². The predicted octanol–water partition coefficient (Wildman–Crippen LogP) is 2.53. The van der Waals surface area contributed by atoms with Crippen LogP contribution in [0.3, 0.4) is 0 Å². The van der Waals surface area contributed by atoms with Gasteiger partial charge < -0.3 is 9.47 Å². The van der Waals surface area contributed by atoms with Gasteiger partial charge in [-0.3, -0.25) is 4.79 Å². The van der Waals surface area contributed by atoms with Gasteiger partial charge in [-0.2, -0.15) is 0 Å². The fraction of sp³-hybridized carbons (Fsp3) is 0.917. The topological polar surface area (TPSA) is 35.5 Å². The average Bonchev–Trinajstić information content (AvgIpc) is 2.17. The summed E-state index contributed by atoms with van der Waals surface area (Å²) in [5.74, 6) is 0.570. The van der Waals surface area contributed by atoms with Crippen LogP contribution in [0.2, 0.25) is 0 Å². The Bertz CT molecular complexity index is 203. The van der Waals surface area contributed by atoms with Gasteiger partial charge in [0, 0.05) is 0 Å². The Morgan fingerprint density at radius 2 is 2.20 bits per heavy atom. The zero-order valence-corrected chi connectivity index (χ0v) is 9.99. The standard InChI is InChI=1S/C12H22O3/c1-9-5-4-6-11(7-9)15-10(2)8-12(13)14-3/h9-11H,4-8H2,1-3H3. The Labute approximate surface area is 92.1 Å². The predicted molar refractivity (Wildman–Crippen MR) is 58.6 cm³/mol. The van der Waals surface area contributed by atoms with Gasteiger partial charge in [0.25, 0.3) is 0 Å². The maximum Gasteiger partial charge on any atom is 0.308 e. The molecule has 0 amide bonds. The number of rotatable bonds is 4. The highest BCUT2D eigenvalue weighted by Gasteiger charge is 2.22. The summed E-state index contributed by atoms with van der Waals surface area (Å²) in [6.07, 6.45) is 5.51. The molecule has 1 saturated carbocycles. The van der Waals surface area contributed by atoms with E-state index in [4.69, 9.17) is 4.74 Å². The maximum atomic E-state index is 11.0. The van der Waals surface area contributed by atoms with Crippen LogP contribution in [0.4, 0.5) is 0 Å². The fourth-order valence-electron chi connectivity index (χ4n) is 2.20. The molecular formula is C12H22O3. The van der Waals surface area contributed by atoms with Gasteiger partial charge >= 0.3 is 5.97 Å². The fourth-order valence-corrected chi connectivity index (χ4v) is 2.20. The molecule has 3 nitrogen and oxygen atoms in total. The van der Waals surface area contributed by atoms with Crippen LogP contribution in [0.25, 0.3) is 0 Å². The monoisotopic (exact) mass is 214 g/mol. The SMILES string of the molecule is COC(=O)CC(C)OC1CCCC(C)C1. The van der Waals surface area contributed by atoms with E-state index >= 15 is 0 Å². The molecule has 0 N–H and O–H groups in total. The van der Waals surface area contributed by atoms with Crippen molar-refractivity contribution >= 4 is 5.97 Å². The van der Waals surface area contributed by atoms with E-state index in [0.717, 1.165) is 18.8 Å². The van der Waals surface area contributed by atoms with Crippen molar-refractivity contribution in [3.63, 3.8) is 0 Å². The Morgan fingerprint density at radius 1 is 1.47 bits per heavy atom. The van der Waals surface area contributed by atoms with Crippen LogP contribution in [-0.2, 0) is 14.3 Å².